The highest BCUT2D eigenvalue weighted by atomic mass is 16.2. The number of ketones is 1. The molecule has 1 aliphatic rings. The average molecular weight is 229 g/mol. The van der Waals surface area contributed by atoms with E-state index < -0.39 is 5.91 Å². The van der Waals surface area contributed by atoms with Gasteiger partial charge in [0.25, 0.3) is 11.7 Å². The summed E-state index contributed by atoms with van der Waals surface area (Å²) in [5, 5.41) is 0. The first-order chi connectivity index (χ1) is 8.06. The van der Waals surface area contributed by atoms with Crippen molar-refractivity contribution in [2.45, 2.75) is 20.3 Å². The van der Waals surface area contributed by atoms with E-state index in [2.05, 4.69) is 6.58 Å². The van der Waals surface area contributed by atoms with Crippen LogP contribution in [0.25, 0.3) is 0 Å². The molecule has 3 nitrogen and oxygen atoms in total. The van der Waals surface area contributed by atoms with Gasteiger partial charge in [0.1, 0.15) is 0 Å². The molecule has 1 amide bonds. The minimum absolute atomic E-state index is 0.387. The zero-order valence-electron chi connectivity index (χ0n) is 10.1. The SMILES string of the molecule is C=CCCN1C(=O)C(=O)c2c(C)cc(C)cc21. The molecular formula is C14H15NO2. The van der Waals surface area contributed by atoms with Gasteiger partial charge in [-0.05, 0) is 37.5 Å². The van der Waals surface area contributed by atoms with Crippen LogP contribution in [0, 0.1) is 13.8 Å². The lowest BCUT2D eigenvalue weighted by Gasteiger charge is -2.16. The maximum Gasteiger partial charge on any atom is 0.299 e. The summed E-state index contributed by atoms with van der Waals surface area (Å²) in [7, 11) is 0. The van der Waals surface area contributed by atoms with Crippen LogP contribution in [0.5, 0.6) is 0 Å². The number of Topliss-reactive ketones (excluding diaryl/α,β-unsaturated/α-hetero) is 1. The van der Waals surface area contributed by atoms with E-state index in [0.717, 1.165) is 16.8 Å². The molecule has 0 aromatic heterocycles. The monoisotopic (exact) mass is 229 g/mol. The Balaban J connectivity index is 2.51. The quantitative estimate of drug-likeness (QED) is 0.589. The normalized spacial score (nSPS) is 14.1. The number of hydrogen-bond acceptors (Lipinski definition) is 2. The summed E-state index contributed by atoms with van der Waals surface area (Å²) in [4.78, 5) is 25.3. The zero-order chi connectivity index (χ0) is 12.6. The third kappa shape index (κ3) is 1.78. The van der Waals surface area contributed by atoms with Gasteiger partial charge in [-0.25, -0.2) is 0 Å². The van der Waals surface area contributed by atoms with Crippen LogP contribution < -0.4 is 4.90 Å². The number of rotatable bonds is 3. The molecule has 17 heavy (non-hydrogen) atoms. The van der Waals surface area contributed by atoms with Gasteiger partial charge in [-0.15, -0.1) is 6.58 Å². The predicted octanol–water partition coefficient (Wildman–Crippen LogP) is 2.41. The van der Waals surface area contributed by atoms with Crippen LogP contribution in [0.1, 0.15) is 27.9 Å². The maximum atomic E-state index is 11.9. The van der Waals surface area contributed by atoms with Gasteiger partial charge in [-0.1, -0.05) is 12.1 Å². The molecule has 0 saturated carbocycles. The Kier molecular flexibility index (Phi) is 2.84. The molecule has 0 bridgehead atoms. The highest BCUT2D eigenvalue weighted by Crippen LogP contribution is 2.32. The van der Waals surface area contributed by atoms with Gasteiger partial charge in [0.15, 0.2) is 0 Å². The van der Waals surface area contributed by atoms with Crippen LogP contribution in [0.3, 0.4) is 0 Å². The number of carbonyl (C=O) groups excluding carboxylic acids is 2. The number of nitrogens with zero attached hydrogens (tertiary/aromatic N) is 1. The van der Waals surface area contributed by atoms with Crippen molar-refractivity contribution in [1.29, 1.82) is 0 Å². The smallest absolute Gasteiger partial charge is 0.299 e. The number of amides is 1. The van der Waals surface area contributed by atoms with Crippen molar-refractivity contribution in [1.82, 2.24) is 0 Å². The second-order valence-corrected chi connectivity index (χ2v) is 4.34. The lowest BCUT2D eigenvalue weighted by atomic mass is 10.0. The summed E-state index contributed by atoms with van der Waals surface area (Å²) in [5.74, 6) is -0.808. The Bertz CT molecular complexity index is 517. The molecule has 2 rings (SSSR count). The van der Waals surface area contributed by atoms with E-state index in [1.807, 2.05) is 26.0 Å². The molecule has 0 atom stereocenters. The molecule has 0 N–H and O–H groups in total. The average Bonchev–Trinajstić information content (AvgIpc) is 2.49. The molecule has 1 aromatic carbocycles. The molecule has 0 fully saturated rings. The van der Waals surface area contributed by atoms with E-state index in [4.69, 9.17) is 0 Å². The van der Waals surface area contributed by atoms with Crippen molar-refractivity contribution < 1.29 is 9.59 Å². The van der Waals surface area contributed by atoms with E-state index in [1.54, 1.807) is 11.0 Å². The molecule has 88 valence electrons. The molecule has 0 unspecified atom stereocenters. The molecule has 0 aliphatic carbocycles. The molecule has 0 radical (unpaired) electrons. The fourth-order valence-corrected chi connectivity index (χ4v) is 2.23. The summed E-state index contributed by atoms with van der Waals surface area (Å²) >= 11 is 0. The first-order valence-corrected chi connectivity index (χ1v) is 5.64. The number of hydrogen-bond donors (Lipinski definition) is 0. The van der Waals surface area contributed by atoms with Crippen LogP contribution >= 0.6 is 0 Å². The number of carbonyl (C=O) groups is 2. The van der Waals surface area contributed by atoms with Crippen LogP contribution in [-0.4, -0.2) is 18.2 Å². The van der Waals surface area contributed by atoms with Crippen molar-refractivity contribution in [3.05, 3.63) is 41.5 Å². The van der Waals surface area contributed by atoms with E-state index in [-0.39, 0.29) is 5.78 Å². The summed E-state index contributed by atoms with van der Waals surface area (Å²) < 4.78 is 0. The molecule has 0 saturated heterocycles. The highest BCUT2D eigenvalue weighted by Gasteiger charge is 2.36. The largest absolute Gasteiger partial charge is 0.304 e. The third-order valence-corrected chi connectivity index (χ3v) is 2.97. The van der Waals surface area contributed by atoms with Crippen LogP contribution in [0.4, 0.5) is 5.69 Å². The minimum Gasteiger partial charge on any atom is -0.304 e. The molecule has 1 heterocycles. The second-order valence-electron chi connectivity index (χ2n) is 4.34. The number of aryl methyl sites for hydroxylation is 2. The van der Waals surface area contributed by atoms with Crippen molar-refractivity contribution in [3.8, 4) is 0 Å². The fraction of sp³-hybridized carbons (Fsp3) is 0.286. The van der Waals surface area contributed by atoms with Gasteiger partial charge in [-0.2, -0.15) is 0 Å². The van der Waals surface area contributed by atoms with Crippen molar-refractivity contribution in [2.75, 3.05) is 11.4 Å². The highest BCUT2D eigenvalue weighted by molar-refractivity contribution is 6.52. The topological polar surface area (TPSA) is 37.4 Å². The van der Waals surface area contributed by atoms with Crippen molar-refractivity contribution >= 4 is 17.4 Å². The van der Waals surface area contributed by atoms with Crippen LogP contribution in [-0.2, 0) is 4.79 Å². The molecule has 0 spiro atoms. The molecule has 3 heteroatoms. The predicted molar refractivity (Wildman–Crippen MR) is 67.4 cm³/mol. The first-order valence-electron chi connectivity index (χ1n) is 5.64. The Labute approximate surface area is 101 Å². The first kappa shape index (κ1) is 11.6. The van der Waals surface area contributed by atoms with Gasteiger partial charge >= 0.3 is 0 Å². The molecular weight excluding hydrogens is 214 g/mol. The van der Waals surface area contributed by atoms with E-state index in [0.29, 0.717) is 18.5 Å². The summed E-state index contributed by atoms with van der Waals surface area (Å²) in [6.45, 7) is 7.99. The van der Waals surface area contributed by atoms with Gasteiger partial charge < -0.3 is 4.90 Å². The van der Waals surface area contributed by atoms with Crippen LogP contribution in [0.15, 0.2) is 24.8 Å². The van der Waals surface area contributed by atoms with Gasteiger partial charge in [-0.3, -0.25) is 9.59 Å². The Hall–Kier alpha value is -1.90. The Morgan fingerprint density at radius 1 is 1.29 bits per heavy atom. The third-order valence-electron chi connectivity index (χ3n) is 2.97. The Morgan fingerprint density at radius 3 is 2.65 bits per heavy atom. The van der Waals surface area contributed by atoms with Crippen molar-refractivity contribution in [3.63, 3.8) is 0 Å². The van der Waals surface area contributed by atoms with Crippen LogP contribution in [0.2, 0.25) is 0 Å². The summed E-state index contributed by atoms with van der Waals surface area (Å²) in [6.07, 6.45) is 2.43. The van der Waals surface area contributed by atoms with Gasteiger partial charge in [0, 0.05) is 6.54 Å². The number of benzene rings is 1. The second kappa shape index (κ2) is 4.17. The molecule has 1 aliphatic heterocycles. The molecule has 1 aromatic rings. The lowest BCUT2D eigenvalue weighted by Crippen LogP contribution is -2.30. The van der Waals surface area contributed by atoms with E-state index >= 15 is 0 Å². The summed E-state index contributed by atoms with van der Waals surface area (Å²) in [6, 6.07) is 3.83. The zero-order valence-corrected chi connectivity index (χ0v) is 10.1. The lowest BCUT2D eigenvalue weighted by molar-refractivity contribution is -0.114. The Morgan fingerprint density at radius 2 is 2.00 bits per heavy atom. The minimum atomic E-state index is -0.421. The van der Waals surface area contributed by atoms with E-state index in [1.165, 1.54) is 0 Å². The van der Waals surface area contributed by atoms with Gasteiger partial charge in [0.2, 0.25) is 0 Å². The van der Waals surface area contributed by atoms with Crippen molar-refractivity contribution in [2.24, 2.45) is 0 Å². The van der Waals surface area contributed by atoms with E-state index in [9.17, 15) is 9.59 Å². The summed E-state index contributed by atoms with van der Waals surface area (Å²) in [5.41, 5.74) is 3.25. The van der Waals surface area contributed by atoms with Gasteiger partial charge in [0.05, 0.1) is 11.3 Å². The number of anilines is 1. The fourth-order valence-electron chi connectivity index (χ4n) is 2.23. The maximum absolute atomic E-state index is 11.9. The number of fused-ring (bicyclic) bond motifs is 1. The standard InChI is InChI=1S/C14H15NO2/c1-4-5-6-15-11-8-9(2)7-10(3)12(11)13(16)14(15)17/h4,7-8H,1,5-6H2,2-3H3.